The van der Waals surface area contributed by atoms with Gasteiger partial charge >= 0.3 is 0 Å². The first-order chi connectivity index (χ1) is 12.3. The molecule has 1 aliphatic carbocycles. The number of hydrogen-bond donors (Lipinski definition) is 1. The van der Waals surface area contributed by atoms with E-state index in [0.717, 1.165) is 28.0 Å². The molecule has 0 aliphatic heterocycles. The second-order valence-electron chi connectivity index (χ2n) is 6.73. The third-order valence-corrected chi connectivity index (χ3v) is 5.72. The SMILES string of the molecule is Brc1ccc2c([C@@H]3CCCc4oc(-c5ccccc5)cc43)c[nH]c2c1. The van der Waals surface area contributed by atoms with Crippen LogP contribution in [0.15, 0.2) is 69.7 Å². The Hall–Kier alpha value is -2.26. The maximum atomic E-state index is 6.23. The second-order valence-corrected chi connectivity index (χ2v) is 7.65. The van der Waals surface area contributed by atoms with E-state index < -0.39 is 0 Å². The highest BCUT2D eigenvalue weighted by Gasteiger charge is 2.27. The maximum absolute atomic E-state index is 6.23. The Morgan fingerprint density at radius 2 is 1.88 bits per heavy atom. The van der Waals surface area contributed by atoms with E-state index in [1.165, 1.54) is 34.9 Å². The molecule has 0 saturated heterocycles. The van der Waals surface area contributed by atoms with Gasteiger partial charge in [0.2, 0.25) is 0 Å². The summed E-state index contributed by atoms with van der Waals surface area (Å²) < 4.78 is 7.34. The molecule has 1 aliphatic rings. The van der Waals surface area contributed by atoms with E-state index >= 15 is 0 Å². The summed E-state index contributed by atoms with van der Waals surface area (Å²) in [6, 6.07) is 19.1. The van der Waals surface area contributed by atoms with Crippen molar-refractivity contribution in [2.75, 3.05) is 0 Å². The van der Waals surface area contributed by atoms with Crippen molar-refractivity contribution in [2.45, 2.75) is 25.2 Å². The van der Waals surface area contributed by atoms with E-state index in [9.17, 15) is 0 Å². The molecular formula is C22H18BrNO. The molecule has 1 atom stereocenters. The van der Waals surface area contributed by atoms with Crippen LogP contribution in [0.2, 0.25) is 0 Å². The first-order valence-corrected chi connectivity index (χ1v) is 9.53. The number of benzene rings is 2. The molecule has 3 heteroatoms. The van der Waals surface area contributed by atoms with E-state index in [1.807, 2.05) is 6.07 Å². The zero-order valence-corrected chi connectivity index (χ0v) is 15.3. The number of fused-ring (bicyclic) bond motifs is 2. The van der Waals surface area contributed by atoms with Gasteiger partial charge in [0.15, 0.2) is 0 Å². The highest BCUT2D eigenvalue weighted by atomic mass is 79.9. The monoisotopic (exact) mass is 391 g/mol. The lowest BCUT2D eigenvalue weighted by atomic mass is 9.82. The Labute approximate surface area is 155 Å². The van der Waals surface area contributed by atoms with Gasteiger partial charge in [0, 0.05) is 45.0 Å². The third-order valence-electron chi connectivity index (χ3n) is 5.22. The van der Waals surface area contributed by atoms with Gasteiger partial charge in [-0.05, 0) is 36.6 Å². The van der Waals surface area contributed by atoms with E-state index in [0.29, 0.717) is 5.92 Å². The summed E-state index contributed by atoms with van der Waals surface area (Å²) in [6.45, 7) is 0. The van der Waals surface area contributed by atoms with E-state index in [1.54, 1.807) is 0 Å². The molecular weight excluding hydrogens is 374 g/mol. The number of nitrogens with one attached hydrogen (secondary N) is 1. The molecule has 2 aromatic heterocycles. The van der Waals surface area contributed by atoms with Crippen LogP contribution in [0.1, 0.15) is 35.6 Å². The van der Waals surface area contributed by atoms with Crippen LogP contribution >= 0.6 is 15.9 Å². The number of halogens is 1. The predicted octanol–water partition coefficient (Wildman–Crippen LogP) is 6.66. The first kappa shape index (κ1) is 15.0. The summed E-state index contributed by atoms with van der Waals surface area (Å²) in [5.74, 6) is 2.54. The highest BCUT2D eigenvalue weighted by Crippen LogP contribution is 2.42. The summed E-state index contributed by atoms with van der Waals surface area (Å²) >= 11 is 3.56. The summed E-state index contributed by atoms with van der Waals surface area (Å²) in [5.41, 5.74) is 5.07. The van der Waals surface area contributed by atoms with Crippen LogP contribution in [0.4, 0.5) is 0 Å². The smallest absolute Gasteiger partial charge is 0.134 e. The lowest BCUT2D eigenvalue weighted by Gasteiger charge is -2.21. The third kappa shape index (κ3) is 2.54. The zero-order valence-electron chi connectivity index (χ0n) is 13.8. The Kier molecular flexibility index (Phi) is 3.56. The number of furan rings is 1. The minimum atomic E-state index is 0.403. The number of rotatable bonds is 2. The van der Waals surface area contributed by atoms with Crippen LogP contribution < -0.4 is 0 Å². The maximum Gasteiger partial charge on any atom is 0.134 e. The minimum absolute atomic E-state index is 0.403. The van der Waals surface area contributed by atoms with Crippen LogP contribution in [-0.2, 0) is 6.42 Å². The van der Waals surface area contributed by atoms with Crippen molar-refractivity contribution in [3.05, 3.63) is 82.2 Å². The average Bonchev–Trinajstić information content (AvgIpc) is 3.26. The summed E-state index contributed by atoms with van der Waals surface area (Å²) in [6.07, 6.45) is 5.55. The molecule has 25 heavy (non-hydrogen) atoms. The molecule has 5 rings (SSSR count). The van der Waals surface area contributed by atoms with Crippen molar-refractivity contribution in [2.24, 2.45) is 0 Å². The molecule has 0 amide bonds. The van der Waals surface area contributed by atoms with Crippen LogP contribution in [0, 0.1) is 0 Å². The molecule has 0 bridgehead atoms. The molecule has 2 aromatic carbocycles. The van der Waals surface area contributed by atoms with Gasteiger partial charge in [0.25, 0.3) is 0 Å². The minimum Gasteiger partial charge on any atom is -0.461 e. The zero-order chi connectivity index (χ0) is 16.8. The van der Waals surface area contributed by atoms with Crippen molar-refractivity contribution in [1.82, 2.24) is 4.98 Å². The van der Waals surface area contributed by atoms with Crippen molar-refractivity contribution in [1.29, 1.82) is 0 Å². The normalized spacial score (nSPS) is 16.9. The molecule has 124 valence electrons. The lowest BCUT2D eigenvalue weighted by Crippen LogP contribution is -2.08. The molecule has 0 saturated carbocycles. The Morgan fingerprint density at radius 1 is 1.00 bits per heavy atom. The number of aryl methyl sites for hydroxylation is 1. The Morgan fingerprint density at radius 3 is 2.76 bits per heavy atom. The lowest BCUT2D eigenvalue weighted by molar-refractivity contribution is 0.474. The molecule has 0 spiro atoms. The van der Waals surface area contributed by atoms with Crippen molar-refractivity contribution < 1.29 is 4.42 Å². The number of hydrogen-bond acceptors (Lipinski definition) is 1. The topological polar surface area (TPSA) is 28.9 Å². The molecule has 2 heterocycles. The molecule has 1 N–H and O–H groups in total. The predicted molar refractivity (Wildman–Crippen MR) is 105 cm³/mol. The van der Waals surface area contributed by atoms with Crippen LogP contribution in [0.3, 0.4) is 0 Å². The quantitative estimate of drug-likeness (QED) is 0.406. The van der Waals surface area contributed by atoms with Crippen LogP contribution in [0.25, 0.3) is 22.2 Å². The van der Waals surface area contributed by atoms with Crippen molar-refractivity contribution in [3.63, 3.8) is 0 Å². The molecule has 0 unspecified atom stereocenters. The number of H-pyrrole nitrogens is 1. The van der Waals surface area contributed by atoms with Gasteiger partial charge in [-0.3, -0.25) is 0 Å². The highest BCUT2D eigenvalue weighted by molar-refractivity contribution is 9.10. The summed E-state index contributed by atoms with van der Waals surface area (Å²) in [5, 5.41) is 1.31. The fourth-order valence-corrected chi connectivity index (χ4v) is 4.39. The van der Waals surface area contributed by atoms with Crippen LogP contribution in [0.5, 0.6) is 0 Å². The van der Waals surface area contributed by atoms with Gasteiger partial charge < -0.3 is 9.40 Å². The Balaban J connectivity index is 1.62. The molecule has 4 aromatic rings. The van der Waals surface area contributed by atoms with E-state index in [-0.39, 0.29) is 0 Å². The van der Waals surface area contributed by atoms with E-state index in [2.05, 4.69) is 75.6 Å². The van der Waals surface area contributed by atoms with Gasteiger partial charge in [-0.1, -0.05) is 52.3 Å². The Bertz CT molecular complexity index is 1040. The van der Waals surface area contributed by atoms with Gasteiger partial charge in [-0.25, -0.2) is 0 Å². The number of aromatic nitrogens is 1. The number of aromatic amines is 1. The summed E-state index contributed by atoms with van der Waals surface area (Å²) in [4.78, 5) is 3.43. The standard InChI is InChI=1S/C22H18BrNO/c23-15-9-10-17-19(13-24-20(17)11-15)16-7-4-8-21-18(16)12-22(25-21)14-5-2-1-3-6-14/h1-3,5-6,9-13,16,24H,4,7-8H2/t16-/m1/s1. The molecule has 2 nitrogen and oxygen atoms in total. The van der Waals surface area contributed by atoms with Gasteiger partial charge in [-0.2, -0.15) is 0 Å². The van der Waals surface area contributed by atoms with Gasteiger partial charge in [0.1, 0.15) is 11.5 Å². The average molecular weight is 392 g/mol. The fourth-order valence-electron chi connectivity index (χ4n) is 4.03. The summed E-state index contributed by atoms with van der Waals surface area (Å²) in [7, 11) is 0. The molecule has 0 fully saturated rings. The largest absolute Gasteiger partial charge is 0.461 e. The van der Waals surface area contributed by atoms with E-state index in [4.69, 9.17) is 4.42 Å². The van der Waals surface area contributed by atoms with Gasteiger partial charge in [-0.15, -0.1) is 0 Å². The van der Waals surface area contributed by atoms with Crippen molar-refractivity contribution in [3.8, 4) is 11.3 Å². The van der Waals surface area contributed by atoms with Crippen LogP contribution in [-0.4, -0.2) is 4.98 Å². The second kappa shape index (κ2) is 5.92. The fraction of sp³-hybridized carbons (Fsp3) is 0.182. The molecule has 0 radical (unpaired) electrons. The first-order valence-electron chi connectivity index (χ1n) is 8.74. The van der Waals surface area contributed by atoms with Gasteiger partial charge in [0.05, 0.1) is 0 Å². The van der Waals surface area contributed by atoms with Crippen molar-refractivity contribution >= 4 is 26.8 Å².